The Balaban J connectivity index is 2.47. The van der Waals surface area contributed by atoms with Crippen LogP contribution < -0.4 is 10.9 Å². The molecule has 1 unspecified atom stereocenters. The summed E-state index contributed by atoms with van der Waals surface area (Å²) in [5.41, 5.74) is 3.24. The summed E-state index contributed by atoms with van der Waals surface area (Å²) in [7, 11) is 0. The molecule has 20 heavy (non-hydrogen) atoms. The van der Waals surface area contributed by atoms with Gasteiger partial charge in [0.1, 0.15) is 6.29 Å². The summed E-state index contributed by atoms with van der Waals surface area (Å²) in [5, 5.41) is 0. The molecule has 0 aliphatic heterocycles. The van der Waals surface area contributed by atoms with Crippen molar-refractivity contribution in [3.05, 3.63) is 36.0 Å². The van der Waals surface area contributed by atoms with Crippen molar-refractivity contribution < 1.29 is 27.6 Å². The monoisotopic (exact) mass is 288 g/mol. The van der Waals surface area contributed by atoms with E-state index in [1.54, 1.807) is 0 Å². The van der Waals surface area contributed by atoms with Crippen LogP contribution in [0.15, 0.2) is 36.0 Å². The molecule has 0 saturated carbocycles. The molecule has 1 atom stereocenters. The van der Waals surface area contributed by atoms with E-state index in [0.29, 0.717) is 6.29 Å². The number of carbonyl (C=O) groups excluding carboxylic acids is 3. The number of hydrogen-bond acceptors (Lipinski definition) is 3. The number of allylic oxidation sites excluding steroid dienone is 4. The van der Waals surface area contributed by atoms with Gasteiger partial charge in [0.2, 0.25) is 5.91 Å². The van der Waals surface area contributed by atoms with Crippen LogP contribution in [0.25, 0.3) is 0 Å². The number of alkyl halides is 3. The largest absolute Gasteiger partial charge is 0.416 e. The maximum Gasteiger partial charge on any atom is 0.416 e. The van der Waals surface area contributed by atoms with Crippen LogP contribution >= 0.6 is 0 Å². The third kappa shape index (κ3) is 4.71. The second-order valence-electron chi connectivity index (χ2n) is 3.83. The van der Waals surface area contributed by atoms with Crippen molar-refractivity contribution in [3.8, 4) is 0 Å². The molecule has 1 aliphatic rings. The second kappa shape index (κ2) is 6.69. The van der Waals surface area contributed by atoms with E-state index in [0.717, 1.165) is 30.4 Å². The summed E-state index contributed by atoms with van der Waals surface area (Å²) >= 11 is 0. The van der Waals surface area contributed by atoms with Gasteiger partial charge in [0.05, 0.1) is 11.5 Å². The molecule has 2 amide bonds. The smallest absolute Gasteiger partial charge is 0.299 e. The Morgan fingerprint density at radius 2 is 2.00 bits per heavy atom. The molecule has 0 spiro atoms. The Labute approximate surface area is 112 Å². The molecule has 5 nitrogen and oxygen atoms in total. The first-order valence-corrected chi connectivity index (χ1v) is 5.52. The average molecular weight is 288 g/mol. The summed E-state index contributed by atoms with van der Waals surface area (Å²) in [6, 6.07) is 0. The van der Waals surface area contributed by atoms with Crippen LogP contribution in [0.5, 0.6) is 0 Å². The van der Waals surface area contributed by atoms with Gasteiger partial charge < -0.3 is 0 Å². The maximum absolute atomic E-state index is 12.3. The van der Waals surface area contributed by atoms with E-state index in [1.807, 2.05) is 10.9 Å². The zero-order chi connectivity index (χ0) is 15.2. The maximum atomic E-state index is 12.3. The van der Waals surface area contributed by atoms with E-state index in [-0.39, 0.29) is 6.42 Å². The van der Waals surface area contributed by atoms with E-state index in [2.05, 4.69) is 0 Å². The third-order valence-corrected chi connectivity index (χ3v) is 2.40. The summed E-state index contributed by atoms with van der Waals surface area (Å²) < 4.78 is 37.0. The van der Waals surface area contributed by atoms with Crippen LogP contribution in [0.3, 0.4) is 0 Å². The van der Waals surface area contributed by atoms with Crippen molar-refractivity contribution in [2.24, 2.45) is 5.92 Å². The summed E-state index contributed by atoms with van der Waals surface area (Å²) in [6.07, 6.45) is 0.509. The molecule has 0 saturated heterocycles. The minimum absolute atomic E-state index is 0.114. The first-order chi connectivity index (χ1) is 9.34. The minimum Gasteiger partial charge on any atom is -0.299 e. The highest BCUT2D eigenvalue weighted by Gasteiger charge is 2.33. The number of rotatable bonds is 3. The molecule has 0 bridgehead atoms. The van der Waals surface area contributed by atoms with E-state index < -0.39 is 29.5 Å². The van der Waals surface area contributed by atoms with Gasteiger partial charge in [-0.1, -0.05) is 18.2 Å². The fraction of sp³-hybridized carbons (Fsp3) is 0.250. The summed E-state index contributed by atoms with van der Waals surface area (Å²) in [5.74, 6) is -2.17. The van der Waals surface area contributed by atoms with Gasteiger partial charge in [0, 0.05) is 6.08 Å². The number of hydrazine groups is 1. The van der Waals surface area contributed by atoms with E-state index in [9.17, 15) is 27.6 Å². The molecule has 0 radical (unpaired) electrons. The normalized spacial score (nSPS) is 18.6. The van der Waals surface area contributed by atoms with Gasteiger partial charge in [0.25, 0.3) is 5.91 Å². The summed E-state index contributed by atoms with van der Waals surface area (Å²) in [4.78, 5) is 32.5. The average Bonchev–Trinajstić information content (AvgIpc) is 2.41. The first kappa shape index (κ1) is 15.7. The molecule has 2 N–H and O–H groups in total. The van der Waals surface area contributed by atoms with Crippen molar-refractivity contribution >= 4 is 18.1 Å². The molecule has 0 aromatic carbocycles. The van der Waals surface area contributed by atoms with Crippen LogP contribution in [0.1, 0.15) is 6.42 Å². The van der Waals surface area contributed by atoms with Crippen LogP contribution in [-0.4, -0.2) is 24.3 Å². The number of amides is 2. The first-order valence-electron chi connectivity index (χ1n) is 5.52. The van der Waals surface area contributed by atoms with Crippen LogP contribution in [-0.2, 0) is 14.4 Å². The van der Waals surface area contributed by atoms with Gasteiger partial charge >= 0.3 is 6.18 Å². The minimum atomic E-state index is -4.44. The number of nitrogens with one attached hydrogen (secondary N) is 2. The Morgan fingerprint density at radius 1 is 1.30 bits per heavy atom. The standard InChI is InChI=1S/C12H11F3N2O3/c13-12(14,15)9-5-3-8(4-6-9)11(20)17-16-10(19)2-1-7-18/h1-3,5-8H,4H2,(H,16,19)(H,17,20)/b2-1-. The molecule has 1 rings (SSSR count). The van der Waals surface area contributed by atoms with Gasteiger partial charge in [0.15, 0.2) is 0 Å². The fourth-order valence-electron chi connectivity index (χ4n) is 1.41. The predicted octanol–water partition coefficient (Wildman–Crippen LogP) is 0.954. The number of carbonyl (C=O) groups is 3. The predicted molar refractivity (Wildman–Crippen MR) is 62.9 cm³/mol. The zero-order valence-corrected chi connectivity index (χ0v) is 10.1. The van der Waals surface area contributed by atoms with Gasteiger partial charge in [-0.2, -0.15) is 13.2 Å². The van der Waals surface area contributed by atoms with Gasteiger partial charge in [-0.25, -0.2) is 0 Å². The second-order valence-corrected chi connectivity index (χ2v) is 3.83. The number of aldehydes is 1. The fourth-order valence-corrected chi connectivity index (χ4v) is 1.41. The van der Waals surface area contributed by atoms with Crippen molar-refractivity contribution in [2.45, 2.75) is 12.6 Å². The highest BCUT2D eigenvalue weighted by atomic mass is 19.4. The van der Waals surface area contributed by atoms with E-state index in [1.165, 1.54) is 0 Å². The molecule has 0 aromatic rings. The highest BCUT2D eigenvalue weighted by Crippen LogP contribution is 2.30. The Kier molecular flexibility index (Phi) is 5.24. The van der Waals surface area contributed by atoms with Crippen LogP contribution in [0.4, 0.5) is 13.2 Å². The lowest BCUT2D eigenvalue weighted by molar-refractivity contribution is -0.128. The van der Waals surface area contributed by atoms with Crippen LogP contribution in [0, 0.1) is 5.92 Å². The van der Waals surface area contributed by atoms with Gasteiger partial charge in [-0.3, -0.25) is 25.2 Å². The number of halogens is 3. The lowest BCUT2D eigenvalue weighted by Gasteiger charge is -2.17. The quantitative estimate of drug-likeness (QED) is 0.461. The van der Waals surface area contributed by atoms with Gasteiger partial charge in [-0.15, -0.1) is 0 Å². The van der Waals surface area contributed by atoms with Crippen LogP contribution in [0.2, 0.25) is 0 Å². The molecular formula is C12H11F3N2O3. The van der Waals surface area contributed by atoms with Crippen molar-refractivity contribution in [2.75, 3.05) is 0 Å². The molecule has 0 heterocycles. The zero-order valence-electron chi connectivity index (χ0n) is 10.1. The number of hydrogen-bond donors (Lipinski definition) is 2. The van der Waals surface area contributed by atoms with Crippen molar-refractivity contribution in [3.63, 3.8) is 0 Å². The van der Waals surface area contributed by atoms with E-state index in [4.69, 9.17) is 0 Å². The summed E-state index contributed by atoms with van der Waals surface area (Å²) in [6.45, 7) is 0. The Hall–Kier alpha value is -2.38. The lowest BCUT2D eigenvalue weighted by atomic mass is 9.96. The van der Waals surface area contributed by atoms with Crippen molar-refractivity contribution in [1.82, 2.24) is 10.9 Å². The molecule has 0 aromatic heterocycles. The molecule has 1 aliphatic carbocycles. The molecule has 0 fully saturated rings. The van der Waals surface area contributed by atoms with Gasteiger partial charge in [-0.05, 0) is 12.5 Å². The molecular weight excluding hydrogens is 277 g/mol. The Morgan fingerprint density at radius 3 is 2.50 bits per heavy atom. The van der Waals surface area contributed by atoms with Crippen molar-refractivity contribution in [1.29, 1.82) is 0 Å². The SMILES string of the molecule is O=C/C=C\C(=O)NNC(=O)C1C=CC(C(F)(F)F)=CC1. The molecule has 8 heteroatoms. The third-order valence-electron chi connectivity index (χ3n) is 2.40. The molecule has 108 valence electrons. The lowest BCUT2D eigenvalue weighted by Crippen LogP contribution is -2.43. The topological polar surface area (TPSA) is 75.3 Å². The Bertz CT molecular complexity index is 493. The highest BCUT2D eigenvalue weighted by molar-refractivity contribution is 5.92. The van der Waals surface area contributed by atoms with E-state index >= 15 is 0 Å².